The Balaban J connectivity index is 2.32. The molecule has 0 aliphatic carbocycles. The zero-order valence-corrected chi connectivity index (χ0v) is 15.2. The van der Waals surface area contributed by atoms with Crippen LogP contribution in [0, 0.1) is 5.82 Å². The molecule has 2 rings (SSSR count). The first-order valence-electron chi connectivity index (χ1n) is 5.89. The van der Waals surface area contributed by atoms with Crippen molar-refractivity contribution in [1.29, 1.82) is 0 Å². The highest BCUT2D eigenvalue weighted by Gasteiger charge is 2.39. The van der Waals surface area contributed by atoms with Crippen molar-refractivity contribution in [2.24, 2.45) is 0 Å². The van der Waals surface area contributed by atoms with Gasteiger partial charge in [-0.3, -0.25) is 0 Å². The number of rotatable bonds is 2. The van der Waals surface area contributed by atoms with Crippen molar-refractivity contribution < 1.29 is 23.5 Å². The second-order valence-electron chi connectivity index (χ2n) is 4.72. The molecular weight excluding hydrogens is 448 g/mol. The third-order valence-electron chi connectivity index (χ3n) is 2.59. The van der Waals surface area contributed by atoms with Crippen molar-refractivity contribution in [3.8, 4) is 0 Å². The average Bonchev–Trinajstić information content (AvgIpc) is 2.37. The number of cyclic esters (lactones) is 2. The van der Waals surface area contributed by atoms with Crippen LogP contribution in [0.15, 0.2) is 26.8 Å². The lowest BCUT2D eigenvalue weighted by molar-refractivity contribution is -0.222. The van der Waals surface area contributed by atoms with E-state index in [0.29, 0.717) is 4.47 Å². The summed E-state index contributed by atoms with van der Waals surface area (Å²) < 4.78 is 24.1. The van der Waals surface area contributed by atoms with E-state index in [4.69, 9.17) is 21.1 Å². The molecule has 22 heavy (non-hydrogen) atoms. The van der Waals surface area contributed by atoms with Gasteiger partial charge in [0.15, 0.2) is 11.4 Å². The maximum atomic E-state index is 13.7. The number of benzene rings is 1. The van der Waals surface area contributed by atoms with E-state index in [1.54, 1.807) is 0 Å². The van der Waals surface area contributed by atoms with Crippen molar-refractivity contribution in [3.63, 3.8) is 0 Å². The van der Waals surface area contributed by atoms with E-state index >= 15 is 0 Å². The SMILES string of the molecule is CC1(C)OC(=O)C(=CNc2c(Br)cc(Cl)c(F)c2Br)C(=O)O1. The molecule has 0 aromatic heterocycles. The van der Waals surface area contributed by atoms with Crippen molar-refractivity contribution >= 4 is 61.1 Å². The lowest BCUT2D eigenvalue weighted by Gasteiger charge is -2.29. The molecule has 1 aliphatic heterocycles. The Morgan fingerprint density at radius 3 is 2.36 bits per heavy atom. The molecule has 9 heteroatoms. The molecule has 0 amide bonds. The fraction of sp³-hybridized carbons (Fsp3) is 0.231. The molecule has 1 aromatic rings. The Labute approximate surface area is 147 Å². The number of carbonyl (C=O) groups excluding carboxylic acids is 2. The molecule has 0 radical (unpaired) electrons. The first-order chi connectivity index (χ1) is 10.1. The predicted octanol–water partition coefficient (Wildman–Crippen LogP) is 4.14. The van der Waals surface area contributed by atoms with Crippen LogP contribution in [-0.2, 0) is 19.1 Å². The van der Waals surface area contributed by atoms with Gasteiger partial charge in [-0.05, 0) is 37.9 Å². The number of esters is 2. The monoisotopic (exact) mass is 455 g/mol. The Morgan fingerprint density at radius 2 is 1.82 bits per heavy atom. The lowest BCUT2D eigenvalue weighted by Crippen LogP contribution is -2.42. The largest absolute Gasteiger partial charge is 0.419 e. The van der Waals surface area contributed by atoms with Crippen LogP contribution >= 0.6 is 43.5 Å². The van der Waals surface area contributed by atoms with Gasteiger partial charge in [0.05, 0.1) is 15.2 Å². The number of ether oxygens (including phenoxy) is 2. The zero-order valence-electron chi connectivity index (χ0n) is 11.3. The van der Waals surface area contributed by atoms with E-state index in [1.807, 2.05) is 0 Å². The Hall–Kier alpha value is -1.12. The summed E-state index contributed by atoms with van der Waals surface area (Å²) in [7, 11) is 0. The van der Waals surface area contributed by atoms with Gasteiger partial charge in [0.25, 0.3) is 5.79 Å². The van der Waals surface area contributed by atoms with E-state index in [-0.39, 0.29) is 20.8 Å². The molecule has 0 saturated carbocycles. The van der Waals surface area contributed by atoms with Gasteiger partial charge in [-0.1, -0.05) is 11.6 Å². The van der Waals surface area contributed by atoms with Crippen LogP contribution < -0.4 is 5.32 Å². The fourth-order valence-electron chi connectivity index (χ4n) is 1.62. The van der Waals surface area contributed by atoms with Crippen molar-refractivity contribution in [3.05, 3.63) is 37.6 Å². The predicted molar refractivity (Wildman–Crippen MR) is 84.8 cm³/mol. The molecule has 0 bridgehead atoms. The third-order valence-corrected chi connectivity index (χ3v) is 4.24. The summed E-state index contributed by atoms with van der Waals surface area (Å²) >= 11 is 11.9. The first-order valence-corrected chi connectivity index (χ1v) is 7.85. The minimum absolute atomic E-state index is 0.0431. The number of hydrogen-bond acceptors (Lipinski definition) is 5. The molecule has 1 N–H and O–H groups in total. The van der Waals surface area contributed by atoms with Gasteiger partial charge >= 0.3 is 11.9 Å². The molecule has 1 fully saturated rings. The van der Waals surface area contributed by atoms with Gasteiger partial charge in [0.2, 0.25) is 0 Å². The van der Waals surface area contributed by atoms with E-state index < -0.39 is 23.5 Å². The third kappa shape index (κ3) is 3.44. The molecule has 0 atom stereocenters. The molecule has 5 nitrogen and oxygen atoms in total. The molecule has 1 aliphatic rings. The van der Waals surface area contributed by atoms with Gasteiger partial charge in [0.1, 0.15) is 0 Å². The number of anilines is 1. The van der Waals surface area contributed by atoms with E-state index in [9.17, 15) is 14.0 Å². The minimum atomic E-state index is -1.32. The number of halogens is 4. The van der Waals surface area contributed by atoms with Gasteiger partial charge in [-0.15, -0.1) is 0 Å². The van der Waals surface area contributed by atoms with Crippen LogP contribution in [0.25, 0.3) is 0 Å². The first kappa shape index (κ1) is 17.2. The molecule has 0 unspecified atom stereocenters. The van der Waals surface area contributed by atoms with Crippen LogP contribution in [0.5, 0.6) is 0 Å². The summed E-state index contributed by atoms with van der Waals surface area (Å²) in [6.07, 6.45) is 1.08. The lowest BCUT2D eigenvalue weighted by atomic mass is 10.2. The van der Waals surface area contributed by atoms with E-state index in [2.05, 4.69) is 37.2 Å². The van der Waals surface area contributed by atoms with Crippen LogP contribution in [0.3, 0.4) is 0 Å². The van der Waals surface area contributed by atoms with Crippen LogP contribution in [0.4, 0.5) is 10.1 Å². The van der Waals surface area contributed by atoms with E-state index in [0.717, 1.165) is 6.20 Å². The molecule has 1 saturated heterocycles. The van der Waals surface area contributed by atoms with Crippen molar-refractivity contribution in [2.75, 3.05) is 5.32 Å². The zero-order chi connectivity index (χ0) is 16.7. The number of hydrogen-bond donors (Lipinski definition) is 1. The normalized spacial score (nSPS) is 16.9. The second-order valence-corrected chi connectivity index (χ2v) is 6.78. The summed E-state index contributed by atoms with van der Waals surface area (Å²) in [5.41, 5.74) is -0.0895. The summed E-state index contributed by atoms with van der Waals surface area (Å²) in [6, 6.07) is 1.34. The molecule has 0 spiro atoms. The Morgan fingerprint density at radius 1 is 1.27 bits per heavy atom. The fourth-order valence-corrected chi connectivity index (χ4v) is 3.42. The summed E-state index contributed by atoms with van der Waals surface area (Å²) in [4.78, 5) is 23.6. The van der Waals surface area contributed by atoms with Crippen molar-refractivity contribution in [1.82, 2.24) is 0 Å². The van der Waals surface area contributed by atoms with Crippen LogP contribution in [0.2, 0.25) is 5.02 Å². The van der Waals surface area contributed by atoms with Crippen LogP contribution in [0.1, 0.15) is 13.8 Å². The van der Waals surface area contributed by atoms with Crippen molar-refractivity contribution in [2.45, 2.75) is 19.6 Å². The van der Waals surface area contributed by atoms with Gasteiger partial charge in [-0.2, -0.15) is 0 Å². The number of carbonyl (C=O) groups is 2. The second kappa shape index (κ2) is 6.17. The molecule has 118 valence electrons. The number of nitrogens with one attached hydrogen (secondary N) is 1. The highest BCUT2D eigenvalue weighted by atomic mass is 79.9. The maximum absolute atomic E-state index is 13.7. The highest BCUT2D eigenvalue weighted by molar-refractivity contribution is 9.11. The maximum Gasteiger partial charge on any atom is 0.350 e. The minimum Gasteiger partial charge on any atom is -0.419 e. The summed E-state index contributed by atoms with van der Waals surface area (Å²) in [5.74, 6) is -3.68. The van der Waals surface area contributed by atoms with Gasteiger partial charge in [-0.25, -0.2) is 14.0 Å². The molecule has 1 aromatic carbocycles. The standard InChI is InChI=1S/C13H9Br2ClFNO4/c1-13(2)21-11(19)5(12(20)22-13)4-18-10-6(14)3-7(16)9(17)8(10)15/h3-4,18H,1-2H3. The summed E-state index contributed by atoms with van der Waals surface area (Å²) in [6.45, 7) is 2.88. The van der Waals surface area contributed by atoms with E-state index in [1.165, 1.54) is 19.9 Å². The Kier molecular flexibility index (Phi) is 4.84. The smallest absolute Gasteiger partial charge is 0.350 e. The van der Waals surface area contributed by atoms with Gasteiger partial charge < -0.3 is 14.8 Å². The quantitative estimate of drug-likeness (QED) is 0.238. The molecular formula is C13H9Br2ClFNO4. The highest BCUT2D eigenvalue weighted by Crippen LogP contribution is 2.37. The van der Waals surface area contributed by atoms with Gasteiger partial charge in [0, 0.05) is 24.5 Å². The summed E-state index contributed by atoms with van der Waals surface area (Å²) in [5, 5.41) is 2.56. The molecule has 1 heterocycles. The topological polar surface area (TPSA) is 64.6 Å². The Bertz CT molecular complexity index is 684. The average molecular weight is 457 g/mol. The van der Waals surface area contributed by atoms with Crippen LogP contribution in [-0.4, -0.2) is 17.7 Å².